The van der Waals surface area contributed by atoms with Crippen molar-refractivity contribution in [2.75, 3.05) is 4.90 Å². The van der Waals surface area contributed by atoms with Gasteiger partial charge in [0.15, 0.2) is 0 Å². The van der Waals surface area contributed by atoms with Crippen LogP contribution in [0.3, 0.4) is 0 Å². The number of imide groups is 2. The van der Waals surface area contributed by atoms with Gasteiger partial charge in [0.25, 0.3) is 0 Å². The molecule has 5 aromatic rings. The van der Waals surface area contributed by atoms with Crippen molar-refractivity contribution in [2.24, 2.45) is 23.7 Å². The fourth-order valence-corrected chi connectivity index (χ4v) is 10.2. The molecule has 50 heavy (non-hydrogen) atoms. The zero-order chi connectivity index (χ0) is 34.3. The standard InChI is InChI=1S/C41H31ClN2O5S/c42-25-11-6-12-26(20-25)44-38(47)33-21-32-29(17-18-30-34(32)39(48)43(37(30)46)22-27-13-7-19-50-27)35(41(33,40(44)49)24-9-2-1-3-10-24)31-16-15-23-8-4-5-14-28(23)36(31)45/h1-17,19-20,30,32-35,45H,18,21-22H2. The van der Waals surface area contributed by atoms with Gasteiger partial charge in [-0.25, -0.2) is 4.90 Å². The Hall–Kier alpha value is -5.05. The molecule has 4 aromatic carbocycles. The van der Waals surface area contributed by atoms with E-state index in [-0.39, 0.29) is 36.4 Å². The van der Waals surface area contributed by atoms with Crippen molar-refractivity contribution in [2.45, 2.75) is 30.7 Å². The second-order valence-corrected chi connectivity index (χ2v) is 15.1. The summed E-state index contributed by atoms with van der Waals surface area (Å²) in [7, 11) is 0. The van der Waals surface area contributed by atoms with Crippen molar-refractivity contribution in [3.05, 3.63) is 141 Å². The molecule has 1 N–H and O–H groups in total. The number of allylic oxidation sites excluding steroid dienone is 2. The summed E-state index contributed by atoms with van der Waals surface area (Å²) >= 11 is 7.91. The molecule has 1 saturated carbocycles. The van der Waals surface area contributed by atoms with E-state index in [4.69, 9.17) is 11.6 Å². The topological polar surface area (TPSA) is 95.0 Å². The van der Waals surface area contributed by atoms with Crippen molar-refractivity contribution in [3.63, 3.8) is 0 Å². The van der Waals surface area contributed by atoms with Crippen LogP contribution in [0, 0.1) is 23.7 Å². The first-order valence-electron chi connectivity index (χ1n) is 16.8. The summed E-state index contributed by atoms with van der Waals surface area (Å²) in [5, 5.41) is 15.9. The van der Waals surface area contributed by atoms with E-state index in [2.05, 4.69) is 0 Å². The third kappa shape index (κ3) is 4.28. The maximum absolute atomic E-state index is 15.4. The van der Waals surface area contributed by atoms with Gasteiger partial charge in [-0.1, -0.05) is 102 Å². The van der Waals surface area contributed by atoms with Crippen molar-refractivity contribution >= 4 is 63.0 Å². The van der Waals surface area contributed by atoms with Crippen LogP contribution in [-0.4, -0.2) is 33.6 Å². The van der Waals surface area contributed by atoms with Crippen LogP contribution in [-0.2, 0) is 31.1 Å². The highest BCUT2D eigenvalue weighted by molar-refractivity contribution is 7.09. The molecule has 0 radical (unpaired) electrons. The number of hydrogen-bond acceptors (Lipinski definition) is 6. The Morgan fingerprint density at radius 1 is 0.820 bits per heavy atom. The molecule has 3 heterocycles. The second kappa shape index (κ2) is 11.5. The van der Waals surface area contributed by atoms with Gasteiger partial charge in [-0.15, -0.1) is 11.3 Å². The predicted octanol–water partition coefficient (Wildman–Crippen LogP) is 7.62. The highest BCUT2D eigenvalue weighted by atomic mass is 35.5. The molecule has 9 rings (SSSR count). The first-order chi connectivity index (χ1) is 24.3. The summed E-state index contributed by atoms with van der Waals surface area (Å²) in [6.07, 6.45) is 2.54. The molecule has 9 heteroatoms. The quantitative estimate of drug-likeness (QED) is 0.151. The molecule has 0 bridgehead atoms. The number of fused-ring (bicyclic) bond motifs is 5. The number of phenols is 1. The van der Waals surface area contributed by atoms with Crippen LogP contribution in [0.15, 0.2) is 120 Å². The molecule has 6 unspecified atom stereocenters. The lowest BCUT2D eigenvalue weighted by Gasteiger charge is -2.50. The van der Waals surface area contributed by atoms with Crippen molar-refractivity contribution in [1.29, 1.82) is 0 Å². The van der Waals surface area contributed by atoms with Gasteiger partial charge in [0.05, 0.1) is 35.4 Å². The number of benzene rings is 4. The zero-order valence-corrected chi connectivity index (χ0v) is 28.3. The molecule has 3 fully saturated rings. The average molecular weight is 699 g/mol. The van der Waals surface area contributed by atoms with Crippen LogP contribution in [0.25, 0.3) is 10.8 Å². The summed E-state index contributed by atoms with van der Waals surface area (Å²) in [6.45, 7) is 0.205. The van der Waals surface area contributed by atoms with E-state index >= 15 is 4.79 Å². The Labute approximate surface area is 297 Å². The maximum atomic E-state index is 15.4. The number of carbonyl (C=O) groups excluding carboxylic acids is 4. The molecule has 2 aliphatic heterocycles. The Bertz CT molecular complexity index is 2270. The number of likely N-dealkylation sites (tertiary alicyclic amines) is 1. The van der Waals surface area contributed by atoms with Crippen LogP contribution in [0.4, 0.5) is 5.69 Å². The molecule has 4 amide bonds. The van der Waals surface area contributed by atoms with E-state index in [1.807, 2.05) is 90.3 Å². The van der Waals surface area contributed by atoms with Gasteiger partial charge in [-0.05, 0) is 59.4 Å². The van der Waals surface area contributed by atoms with Crippen LogP contribution < -0.4 is 4.90 Å². The third-order valence-electron chi connectivity index (χ3n) is 11.4. The average Bonchev–Trinajstić information content (AvgIpc) is 3.80. The SMILES string of the molecule is O=C1C2CC=C3C(CC4C(=O)N(c5cccc(Cl)c5)C(=O)C4(c4ccccc4)C3c3ccc4ccccc4c3O)C2C(=O)N1Cc1cccs1. The van der Waals surface area contributed by atoms with E-state index in [0.717, 1.165) is 15.8 Å². The number of aromatic hydroxyl groups is 1. The Kier molecular flexibility index (Phi) is 7.13. The lowest BCUT2D eigenvalue weighted by molar-refractivity contribution is -0.141. The molecule has 2 aliphatic carbocycles. The number of phenolic OH excluding ortho intramolecular Hbond substituents is 1. The molecule has 7 nitrogen and oxygen atoms in total. The number of amides is 4. The highest BCUT2D eigenvalue weighted by Crippen LogP contribution is 2.65. The smallest absolute Gasteiger partial charge is 0.246 e. The zero-order valence-electron chi connectivity index (χ0n) is 26.7. The summed E-state index contributed by atoms with van der Waals surface area (Å²) in [6, 6.07) is 31.2. The molecule has 1 aromatic heterocycles. The lowest BCUT2D eigenvalue weighted by Crippen LogP contribution is -2.53. The summed E-state index contributed by atoms with van der Waals surface area (Å²) in [4.78, 5) is 62.2. The molecule has 248 valence electrons. The summed E-state index contributed by atoms with van der Waals surface area (Å²) in [5.74, 6) is -4.70. The normalized spacial score (nSPS) is 27.4. The van der Waals surface area contributed by atoms with Crippen molar-refractivity contribution < 1.29 is 24.3 Å². The predicted molar refractivity (Wildman–Crippen MR) is 192 cm³/mol. The lowest BCUT2D eigenvalue weighted by atomic mass is 9.49. The van der Waals surface area contributed by atoms with Gasteiger partial charge in [0, 0.05) is 26.8 Å². The largest absolute Gasteiger partial charge is 0.507 e. The monoisotopic (exact) mass is 698 g/mol. The van der Waals surface area contributed by atoms with Gasteiger partial charge in [-0.3, -0.25) is 24.1 Å². The van der Waals surface area contributed by atoms with Gasteiger partial charge in [0.1, 0.15) is 5.75 Å². The van der Waals surface area contributed by atoms with Crippen LogP contribution in [0.1, 0.15) is 34.8 Å². The first kappa shape index (κ1) is 31.0. The third-order valence-corrected chi connectivity index (χ3v) is 12.5. The minimum Gasteiger partial charge on any atom is -0.507 e. The fourth-order valence-electron chi connectivity index (χ4n) is 9.37. The van der Waals surface area contributed by atoms with Crippen LogP contribution in [0.2, 0.25) is 5.02 Å². The highest BCUT2D eigenvalue weighted by Gasteiger charge is 2.70. The number of halogens is 1. The molecule has 2 saturated heterocycles. The maximum Gasteiger partial charge on any atom is 0.246 e. The molecule has 4 aliphatic rings. The first-order valence-corrected chi connectivity index (χ1v) is 18.0. The number of nitrogens with zero attached hydrogens (tertiary/aromatic N) is 2. The molecular weight excluding hydrogens is 668 g/mol. The second-order valence-electron chi connectivity index (χ2n) is 13.7. The van der Waals surface area contributed by atoms with E-state index < -0.39 is 40.9 Å². The van der Waals surface area contributed by atoms with Gasteiger partial charge in [-0.2, -0.15) is 0 Å². The number of anilines is 1. The number of rotatable bonds is 5. The van der Waals surface area contributed by atoms with Gasteiger partial charge >= 0.3 is 0 Å². The molecular formula is C41H31ClN2O5S. The minimum atomic E-state index is -1.46. The van der Waals surface area contributed by atoms with E-state index in [1.165, 1.54) is 21.1 Å². The van der Waals surface area contributed by atoms with Crippen molar-refractivity contribution in [3.8, 4) is 5.75 Å². The minimum absolute atomic E-state index is 0.0282. The number of carbonyl (C=O) groups is 4. The summed E-state index contributed by atoms with van der Waals surface area (Å²) < 4.78 is 0. The Morgan fingerprint density at radius 2 is 1.62 bits per heavy atom. The van der Waals surface area contributed by atoms with E-state index in [9.17, 15) is 19.5 Å². The Morgan fingerprint density at radius 3 is 2.40 bits per heavy atom. The number of hydrogen-bond donors (Lipinski definition) is 1. The number of thiophene rings is 1. The van der Waals surface area contributed by atoms with Gasteiger partial charge in [0.2, 0.25) is 23.6 Å². The summed E-state index contributed by atoms with van der Waals surface area (Å²) in [5.41, 5.74) is 0.874. The fraction of sp³-hybridized carbons (Fsp3) is 0.220. The Balaban J connectivity index is 1.29. The molecule has 0 spiro atoms. The molecule has 6 atom stereocenters. The van der Waals surface area contributed by atoms with Gasteiger partial charge < -0.3 is 5.11 Å². The van der Waals surface area contributed by atoms with Crippen LogP contribution in [0.5, 0.6) is 5.75 Å². The van der Waals surface area contributed by atoms with Crippen molar-refractivity contribution in [1.82, 2.24) is 4.90 Å². The van der Waals surface area contributed by atoms with Crippen LogP contribution >= 0.6 is 22.9 Å². The van der Waals surface area contributed by atoms with E-state index in [1.54, 1.807) is 24.3 Å². The van der Waals surface area contributed by atoms with E-state index in [0.29, 0.717) is 33.6 Å².